The van der Waals surface area contributed by atoms with Crippen molar-refractivity contribution in [1.29, 1.82) is 5.26 Å². The van der Waals surface area contributed by atoms with Gasteiger partial charge < -0.3 is 9.84 Å². The molecule has 1 aromatic rings. The number of carbonyl (C=O) groups is 1. The molecule has 1 atom stereocenters. The maximum Gasteiger partial charge on any atom is 0.335 e. The molecule has 0 unspecified atom stereocenters. The van der Waals surface area contributed by atoms with E-state index in [1.807, 2.05) is 6.07 Å². The van der Waals surface area contributed by atoms with Crippen LogP contribution in [-0.4, -0.2) is 17.7 Å². The van der Waals surface area contributed by atoms with Gasteiger partial charge in [-0.25, -0.2) is 9.18 Å². The first kappa shape index (κ1) is 11.6. The molecule has 1 heterocycles. The van der Waals surface area contributed by atoms with Crippen molar-refractivity contribution in [3.63, 3.8) is 0 Å². The zero-order chi connectivity index (χ0) is 12.6. The van der Waals surface area contributed by atoms with Gasteiger partial charge in [-0.3, -0.25) is 0 Å². The number of rotatable bonds is 1. The minimum atomic E-state index is -1.21. The predicted octanol–water partition coefficient (Wildman–Crippen LogP) is 1.84. The van der Waals surface area contributed by atoms with E-state index in [2.05, 4.69) is 0 Å². The van der Waals surface area contributed by atoms with Crippen LogP contribution in [0.2, 0.25) is 0 Å². The lowest BCUT2D eigenvalue weighted by Gasteiger charge is -2.30. The maximum absolute atomic E-state index is 13.7. The number of halogens is 1. The summed E-state index contributed by atoms with van der Waals surface area (Å²) >= 11 is 0. The van der Waals surface area contributed by atoms with Crippen LogP contribution < -0.4 is 0 Å². The Morgan fingerprint density at radius 3 is 2.94 bits per heavy atom. The van der Waals surface area contributed by atoms with Crippen LogP contribution in [0.1, 0.15) is 28.4 Å². The Morgan fingerprint density at radius 1 is 1.65 bits per heavy atom. The second-order valence-electron chi connectivity index (χ2n) is 4.23. The number of carboxylic acids is 1. The molecule has 17 heavy (non-hydrogen) atoms. The molecule has 2 rings (SSSR count). The minimum Gasteiger partial charge on any atom is -0.478 e. The van der Waals surface area contributed by atoms with Crippen molar-refractivity contribution < 1.29 is 19.0 Å². The molecule has 1 aliphatic heterocycles. The second kappa shape index (κ2) is 3.82. The van der Waals surface area contributed by atoms with Crippen LogP contribution in [0.25, 0.3) is 0 Å². The van der Waals surface area contributed by atoms with E-state index < -0.39 is 17.2 Å². The fraction of sp³-hybridized carbons (Fsp3) is 0.333. The van der Waals surface area contributed by atoms with Crippen molar-refractivity contribution in [3.8, 4) is 6.07 Å². The van der Waals surface area contributed by atoms with Crippen LogP contribution >= 0.6 is 0 Å². The summed E-state index contributed by atoms with van der Waals surface area (Å²) in [4.78, 5) is 10.9. The van der Waals surface area contributed by atoms with Gasteiger partial charge >= 0.3 is 5.97 Å². The highest BCUT2D eigenvalue weighted by Crippen LogP contribution is 2.34. The number of carboxylic acid groups (broad SMARTS) is 1. The normalized spacial score (nSPS) is 22.6. The average molecular weight is 235 g/mol. The number of nitrogens with zero attached hydrogens (tertiary/aromatic N) is 1. The quantitative estimate of drug-likeness (QED) is 0.806. The first-order chi connectivity index (χ1) is 7.98. The molecule has 0 bridgehead atoms. The van der Waals surface area contributed by atoms with Gasteiger partial charge in [0.2, 0.25) is 0 Å². The molecular weight excluding hydrogens is 225 g/mol. The Morgan fingerprint density at radius 2 is 2.35 bits per heavy atom. The van der Waals surface area contributed by atoms with Crippen LogP contribution in [0.5, 0.6) is 0 Å². The first-order valence-electron chi connectivity index (χ1n) is 5.03. The van der Waals surface area contributed by atoms with Gasteiger partial charge in [0.25, 0.3) is 0 Å². The lowest BCUT2D eigenvalue weighted by Crippen LogP contribution is -2.33. The summed E-state index contributed by atoms with van der Waals surface area (Å²) in [5.41, 5.74) is -0.474. The third-order valence-corrected chi connectivity index (χ3v) is 2.92. The molecule has 0 aromatic heterocycles. The molecular formula is C12H10FNO3. The summed E-state index contributed by atoms with van der Waals surface area (Å²) in [6, 6.07) is 4.35. The molecule has 0 radical (unpaired) electrons. The van der Waals surface area contributed by atoms with E-state index in [0.29, 0.717) is 5.56 Å². The van der Waals surface area contributed by atoms with Crippen LogP contribution in [-0.2, 0) is 16.8 Å². The van der Waals surface area contributed by atoms with Gasteiger partial charge in [-0.2, -0.15) is 5.26 Å². The van der Waals surface area contributed by atoms with Crippen LogP contribution in [0.3, 0.4) is 0 Å². The van der Waals surface area contributed by atoms with Crippen molar-refractivity contribution in [1.82, 2.24) is 0 Å². The molecule has 4 nitrogen and oxygen atoms in total. The molecule has 0 saturated heterocycles. The third-order valence-electron chi connectivity index (χ3n) is 2.92. The minimum absolute atomic E-state index is 0.0678. The smallest absolute Gasteiger partial charge is 0.335 e. The van der Waals surface area contributed by atoms with Gasteiger partial charge in [0.15, 0.2) is 0 Å². The molecule has 1 N–H and O–H groups in total. The zero-order valence-electron chi connectivity index (χ0n) is 9.16. The molecule has 0 aliphatic carbocycles. The molecule has 0 fully saturated rings. The summed E-state index contributed by atoms with van der Waals surface area (Å²) < 4.78 is 18.9. The first-order valence-corrected chi connectivity index (χ1v) is 5.03. The number of ether oxygens (including phenoxy) is 1. The maximum atomic E-state index is 13.7. The standard InChI is InChI=1S/C12H10FNO3/c1-12(5-14)6-17-4-8-9(12)2-7(11(15)16)3-10(8)13/h2-3H,4,6H2,1H3,(H,15,16)/t12-/m1/s1. The van der Waals surface area contributed by atoms with E-state index in [4.69, 9.17) is 15.1 Å². The molecule has 88 valence electrons. The number of benzene rings is 1. The Hall–Kier alpha value is -1.93. The lowest BCUT2D eigenvalue weighted by molar-refractivity contribution is 0.0681. The topological polar surface area (TPSA) is 70.3 Å². The second-order valence-corrected chi connectivity index (χ2v) is 4.23. The van der Waals surface area contributed by atoms with Gasteiger partial charge in [-0.05, 0) is 24.6 Å². The molecule has 0 spiro atoms. The highest BCUT2D eigenvalue weighted by atomic mass is 19.1. The highest BCUT2D eigenvalue weighted by Gasteiger charge is 2.35. The van der Waals surface area contributed by atoms with Crippen molar-refractivity contribution >= 4 is 5.97 Å². The Kier molecular flexibility index (Phi) is 2.60. The predicted molar refractivity (Wildman–Crippen MR) is 56.0 cm³/mol. The van der Waals surface area contributed by atoms with Crippen LogP contribution in [0.15, 0.2) is 12.1 Å². The summed E-state index contributed by atoms with van der Waals surface area (Å²) in [5, 5.41) is 18.0. The summed E-state index contributed by atoms with van der Waals surface area (Å²) in [7, 11) is 0. The van der Waals surface area contributed by atoms with E-state index in [0.717, 1.165) is 6.07 Å². The summed E-state index contributed by atoms with van der Waals surface area (Å²) in [5.74, 6) is -1.85. The number of fused-ring (bicyclic) bond motifs is 1. The van der Waals surface area contributed by atoms with Crippen molar-refractivity contribution in [2.45, 2.75) is 18.9 Å². The Labute approximate surface area is 97.2 Å². The highest BCUT2D eigenvalue weighted by molar-refractivity contribution is 5.88. The molecule has 1 aromatic carbocycles. The van der Waals surface area contributed by atoms with E-state index in [-0.39, 0.29) is 24.3 Å². The average Bonchev–Trinajstić information content (AvgIpc) is 2.30. The van der Waals surface area contributed by atoms with Gasteiger partial charge in [-0.15, -0.1) is 0 Å². The van der Waals surface area contributed by atoms with E-state index in [9.17, 15) is 9.18 Å². The third kappa shape index (κ3) is 1.77. The summed E-state index contributed by atoms with van der Waals surface area (Å²) in [6.07, 6.45) is 0. The molecule has 0 amide bonds. The number of nitriles is 1. The van der Waals surface area contributed by atoms with Gasteiger partial charge in [0, 0.05) is 5.56 Å². The van der Waals surface area contributed by atoms with Gasteiger partial charge in [-0.1, -0.05) is 0 Å². The fourth-order valence-electron chi connectivity index (χ4n) is 1.93. The Balaban J connectivity index is 2.68. The molecule has 1 aliphatic rings. The van der Waals surface area contributed by atoms with E-state index in [1.54, 1.807) is 6.92 Å². The van der Waals surface area contributed by atoms with Crippen LogP contribution in [0, 0.1) is 17.1 Å². The van der Waals surface area contributed by atoms with E-state index in [1.165, 1.54) is 6.07 Å². The van der Waals surface area contributed by atoms with Crippen LogP contribution in [0.4, 0.5) is 4.39 Å². The zero-order valence-corrected chi connectivity index (χ0v) is 9.16. The van der Waals surface area contributed by atoms with E-state index >= 15 is 0 Å². The molecule has 0 saturated carbocycles. The number of hydrogen-bond donors (Lipinski definition) is 1. The number of aromatic carboxylic acids is 1. The summed E-state index contributed by atoms with van der Waals surface area (Å²) in [6.45, 7) is 1.81. The van der Waals surface area contributed by atoms with Crippen molar-refractivity contribution in [2.75, 3.05) is 6.61 Å². The fourth-order valence-corrected chi connectivity index (χ4v) is 1.93. The Bertz CT molecular complexity index is 535. The van der Waals surface area contributed by atoms with Gasteiger partial charge in [0.1, 0.15) is 11.2 Å². The largest absolute Gasteiger partial charge is 0.478 e. The lowest BCUT2D eigenvalue weighted by atomic mass is 9.79. The van der Waals surface area contributed by atoms with Crippen molar-refractivity contribution in [3.05, 3.63) is 34.6 Å². The van der Waals surface area contributed by atoms with Crippen molar-refractivity contribution in [2.24, 2.45) is 0 Å². The van der Waals surface area contributed by atoms with Gasteiger partial charge in [0.05, 0.1) is 24.8 Å². The SMILES string of the molecule is C[C@@]1(C#N)COCc2c(F)cc(C(=O)O)cc21. The molecule has 5 heteroatoms. The number of hydrogen-bond acceptors (Lipinski definition) is 3. The monoisotopic (exact) mass is 235 g/mol.